The normalized spacial score (nSPS) is 11.9. The van der Waals surface area contributed by atoms with Crippen LogP contribution in [0.4, 0.5) is 5.69 Å². The number of ether oxygens (including phenoxy) is 1. The van der Waals surface area contributed by atoms with Crippen molar-refractivity contribution in [3.05, 3.63) is 46.2 Å². The zero-order chi connectivity index (χ0) is 13.8. The van der Waals surface area contributed by atoms with Crippen molar-refractivity contribution in [1.29, 1.82) is 0 Å². The van der Waals surface area contributed by atoms with Crippen LogP contribution in [0.5, 0.6) is 5.75 Å². The van der Waals surface area contributed by atoms with Crippen LogP contribution in [-0.4, -0.2) is 18.2 Å². The van der Waals surface area contributed by atoms with Gasteiger partial charge in [0.25, 0.3) is 0 Å². The van der Waals surface area contributed by atoms with E-state index in [0.717, 1.165) is 21.9 Å². The zero-order valence-electron chi connectivity index (χ0n) is 10.7. The van der Waals surface area contributed by atoms with E-state index in [0.29, 0.717) is 0 Å². The van der Waals surface area contributed by atoms with Gasteiger partial charge in [0.15, 0.2) is 6.04 Å². The van der Waals surface area contributed by atoms with E-state index >= 15 is 0 Å². The Labute approximate surface area is 115 Å². The second-order valence-electron chi connectivity index (χ2n) is 4.11. The number of benzene rings is 1. The van der Waals surface area contributed by atoms with Crippen molar-refractivity contribution >= 4 is 23.0 Å². The van der Waals surface area contributed by atoms with E-state index in [4.69, 9.17) is 4.74 Å². The highest BCUT2D eigenvalue weighted by atomic mass is 32.1. The Morgan fingerprint density at radius 1 is 1.32 bits per heavy atom. The number of methoxy groups -OCH3 is 1. The number of aliphatic carboxylic acids is 1. The summed E-state index contributed by atoms with van der Waals surface area (Å²) in [6.07, 6.45) is 0. The molecule has 0 aliphatic rings. The number of carbonyl (C=O) groups is 1. The first-order valence-corrected chi connectivity index (χ1v) is 6.67. The van der Waals surface area contributed by atoms with Gasteiger partial charge >= 0.3 is 5.97 Å². The van der Waals surface area contributed by atoms with Crippen molar-refractivity contribution in [3.8, 4) is 5.75 Å². The molecule has 2 rings (SSSR count). The van der Waals surface area contributed by atoms with Crippen LogP contribution in [0.1, 0.15) is 16.5 Å². The predicted octanol–water partition coefficient (Wildman–Crippen LogP) is 3.30. The Kier molecular flexibility index (Phi) is 4.06. The standard InChI is InChI=1S/C14H15NO3S/c1-9-7-8-19-13(9)12(14(16)17)15-10-3-5-11(18-2)6-4-10/h3-8,12,15H,1-2H3,(H,16,17). The summed E-state index contributed by atoms with van der Waals surface area (Å²) < 4.78 is 5.07. The molecule has 19 heavy (non-hydrogen) atoms. The van der Waals surface area contributed by atoms with Gasteiger partial charge in [-0.15, -0.1) is 11.3 Å². The third-order valence-corrected chi connectivity index (χ3v) is 3.90. The molecule has 1 unspecified atom stereocenters. The smallest absolute Gasteiger partial charge is 0.331 e. The molecule has 1 heterocycles. The Bertz CT molecular complexity index is 562. The Hall–Kier alpha value is -2.01. The lowest BCUT2D eigenvalue weighted by Crippen LogP contribution is -2.20. The van der Waals surface area contributed by atoms with Gasteiger partial charge in [0.05, 0.1) is 7.11 Å². The average molecular weight is 277 g/mol. The van der Waals surface area contributed by atoms with Crippen LogP contribution in [0.15, 0.2) is 35.7 Å². The minimum absolute atomic E-state index is 0.728. The maximum atomic E-state index is 11.4. The molecule has 0 saturated carbocycles. The highest BCUT2D eigenvalue weighted by Crippen LogP contribution is 2.28. The Balaban J connectivity index is 2.21. The number of hydrogen-bond acceptors (Lipinski definition) is 4. The third-order valence-electron chi connectivity index (χ3n) is 2.81. The minimum Gasteiger partial charge on any atom is -0.497 e. The van der Waals surface area contributed by atoms with Crippen LogP contribution in [-0.2, 0) is 4.79 Å². The maximum absolute atomic E-state index is 11.4. The van der Waals surface area contributed by atoms with Gasteiger partial charge in [-0.2, -0.15) is 0 Å². The zero-order valence-corrected chi connectivity index (χ0v) is 11.5. The Morgan fingerprint density at radius 2 is 2.00 bits per heavy atom. The molecule has 4 nitrogen and oxygen atoms in total. The van der Waals surface area contributed by atoms with Gasteiger partial charge in [-0.3, -0.25) is 0 Å². The minimum atomic E-state index is -0.888. The van der Waals surface area contributed by atoms with Gasteiger partial charge < -0.3 is 15.2 Å². The van der Waals surface area contributed by atoms with E-state index in [1.807, 2.05) is 18.4 Å². The van der Waals surface area contributed by atoms with Gasteiger partial charge in [0.1, 0.15) is 5.75 Å². The number of aryl methyl sites for hydroxylation is 1. The van der Waals surface area contributed by atoms with Crippen LogP contribution in [0.3, 0.4) is 0 Å². The predicted molar refractivity (Wildman–Crippen MR) is 76.0 cm³/mol. The molecular weight excluding hydrogens is 262 g/mol. The lowest BCUT2D eigenvalue weighted by Gasteiger charge is -2.15. The molecule has 0 aliphatic heterocycles. The summed E-state index contributed by atoms with van der Waals surface area (Å²) in [5.74, 6) is -0.147. The monoisotopic (exact) mass is 277 g/mol. The van der Waals surface area contributed by atoms with Crippen molar-refractivity contribution in [3.63, 3.8) is 0 Å². The number of anilines is 1. The molecule has 0 saturated heterocycles. The molecule has 0 aliphatic carbocycles. The molecule has 1 aromatic heterocycles. The van der Waals surface area contributed by atoms with E-state index in [2.05, 4.69) is 5.32 Å². The summed E-state index contributed by atoms with van der Waals surface area (Å²) in [6, 6.07) is 8.39. The first-order chi connectivity index (χ1) is 9.11. The van der Waals surface area contributed by atoms with Crippen LogP contribution >= 0.6 is 11.3 Å². The van der Waals surface area contributed by atoms with Crippen molar-refractivity contribution < 1.29 is 14.6 Å². The first kappa shape index (κ1) is 13.4. The summed E-state index contributed by atoms with van der Waals surface area (Å²) in [5, 5.41) is 14.3. The number of carboxylic acid groups (broad SMARTS) is 1. The van der Waals surface area contributed by atoms with Crippen LogP contribution in [0.25, 0.3) is 0 Å². The molecule has 5 heteroatoms. The maximum Gasteiger partial charge on any atom is 0.331 e. The van der Waals surface area contributed by atoms with Crippen LogP contribution in [0, 0.1) is 6.92 Å². The van der Waals surface area contributed by atoms with E-state index < -0.39 is 12.0 Å². The van der Waals surface area contributed by atoms with Crippen molar-refractivity contribution in [2.75, 3.05) is 12.4 Å². The lowest BCUT2D eigenvalue weighted by molar-refractivity contribution is -0.138. The fourth-order valence-electron chi connectivity index (χ4n) is 1.77. The van der Waals surface area contributed by atoms with Gasteiger partial charge in [-0.1, -0.05) is 0 Å². The van der Waals surface area contributed by atoms with E-state index in [-0.39, 0.29) is 0 Å². The summed E-state index contributed by atoms with van der Waals surface area (Å²) in [4.78, 5) is 12.2. The molecule has 0 bridgehead atoms. The first-order valence-electron chi connectivity index (χ1n) is 5.79. The van der Waals surface area contributed by atoms with E-state index in [1.54, 1.807) is 31.4 Å². The molecule has 100 valence electrons. The highest BCUT2D eigenvalue weighted by molar-refractivity contribution is 7.10. The van der Waals surface area contributed by atoms with Crippen molar-refractivity contribution in [2.45, 2.75) is 13.0 Å². The second-order valence-corrected chi connectivity index (χ2v) is 5.06. The van der Waals surface area contributed by atoms with E-state index in [1.165, 1.54) is 11.3 Å². The number of carboxylic acids is 1. The molecule has 0 radical (unpaired) electrons. The molecule has 0 amide bonds. The summed E-state index contributed by atoms with van der Waals surface area (Å²) in [5.41, 5.74) is 1.74. The number of rotatable bonds is 5. The van der Waals surface area contributed by atoms with E-state index in [9.17, 15) is 9.90 Å². The largest absolute Gasteiger partial charge is 0.497 e. The third kappa shape index (κ3) is 3.06. The van der Waals surface area contributed by atoms with Gasteiger partial charge in [-0.05, 0) is 48.2 Å². The van der Waals surface area contributed by atoms with Crippen LogP contribution in [0.2, 0.25) is 0 Å². The highest BCUT2D eigenvalue weighted by Gasteiger charge is 2.22. The molecule has 0 fully saturated rings. The quantitative estimate of drug-likeness (QED) is 0.880. The van der Waals surface area contributed by atoms with Gasteiger partial charge in [-0.25, -0.2) is 4.79 Å². The number of thiophene rings is 1. The molecule has 1 atom stereocenters. The molecule has 1 aromatic carbocycles. The number of nitrogens with one attached hydrogen (secondary N) is 1. The summed E-state index contributed by atoms with van der Waals surface area (Å²) in [6.45, 7) is 1.91. The molecule has 2 aromatic rings. The average Bonchev–Trinajstić information content (AvgIpc) is 2.82. The summed E-state index contributed by atoms with van der Waals surface area (Å²) in [7, 11) is 1.59. The van der Waals surface area contributed by atoms with Crippen molar-refractivity contribution in [2.24, 2.45) is 0 Å². The lowest BCUT2D eigenvalue weighted by atomic mass is 10.1. The topological polar surface area (TPSA) is 58.6 Å². The fraction of sp³-hybridized carbons (Fsp3) is 0.214. The van der Waals surface area contributed by atoms with Gasteiger partial charge in [0.2, 0.25) is 0 Å². The SMILES string of the molecule is COc1ccc(NC(C(=O)O)c2sccc2C)cc1. The molecule has 0 spiro atoms. The Morgan fingerprint density at radius 3 is 2.47 bits per heavy atom. The summed E-state index contributed by atoms with van der Waals surface area (Å²) >= 11 is 1.44. The van der Waals surface area contributed by atoms with Gasteiger partial charge in [0, 0.05) is 10.6 Å². The second kappa shape index (κ2) is 5.75. The molecular formula is C14H15NO3S. The number of hydrogen-bond donors (Lipinski definition) is 2. The molecule has 2 N–H and O–H groups in total. The van der Waals surface area contributed by atoms with Crippen molar-refractivity contribution in [1.82, 2.24) is 0 Å². The fourth-order valence-corrected chi connectivity index (χ4v) is 2.74. The van der Waals surface area contributed by atoms with Crippen LogP contribution < -0.4 is 10.1 Å².